The van der Waals surface area contributed by atoms with E-state index in [1.807, 2.05) is 19.1 Å². The van der Waals surface area contributed by atoms with Crippen LogP contribution in [-0.2, 0) is 6.54 Å². The Balaban J connectivity index is 2.27. The molecule has 0 atom stereocenters. The van der Waals surface area contributed by atoms with Gasteiger partial charge in [0.05, 0.1) is 6.54 Å². The van der Waals surface area contributed by atoms with Crippen LogP contribution in [0.4, 0.5) is 5.69 Å². The van der Waals surface area contributed by atoms with Crippen molar-refractivity contribution in [2.75, 3.05) is 4.90 Å². The van der Waals surface area contributed by atoms with Crippen LogP contribution < -0.4 is 10.3 Å². The quantitative estimate of drug-likeness (QED) is 0.930. The number of hydrogen-bond donors (Lipinski definition) is 1. The van der Waals surface area contributed by atoms with Crippen molar-refractivity contribution in [2.24, 2.45) is 0 Å². The van der Waals surface area contributed by atoms with Gasteiger partial charge >= 0.3 is 0 Å². The Hall–Kier alpha value is -2.23. The molecule has 0 fully saturated rings. The molecule has 0 aliphatic rings. The first-order valence-electron chi connectivity index (χ1n) is 6.61. The summed E-state index contributed by atoms with van der Waals surface area (Å²) in [6.07, 6.45) is 1.09. The van der Waals surface area contributed by atoms with Crippen molar-refractivity contribution in [2.45, 2.75) is 33.4 Å². The summed E-state index contributed by atoms with van der Waals surface area (Å²) < 4.78 is 5.27. The first-order chi connectivity index (χ1) is 9.47. The number of hydrogen-bond acceptors (Lipinski definition) is 4. The van der Waals surface area contributed by atoms with Crippen LogP contribution in [0.25, 0.3) is 0 Å². The van der Waals surface area contributed by atoms with Crippen molar-refractivity contribution in [1.29, 1.82) is 0 Å². The molecule has 1 heterocycles. The van der Waals surface area contributed by atoms with Gasteiger partial charge in [0.25, 0.3) is 0 Å². The summed E-state index contributed by atoms with van der Waals surface area (Å²) in [5, 5.41) is 9.21. The van der Waals surface area contributed by atoms with Crippen LogP contribution in [0, 0.1) is 6.92 Å². The zero-order valence-corrected chi connectivity index (χ0v) is 12.0. The predicted octanol–water partition coefficient (Wildman–Crippen LogP) is 3.07. The maximum atomic E-state index is 11.4. The molecule has 0 radical (unpaired) electrons. The van der Waals surface area contributed by atoms with Crippen LogP contribution in [0.3, 0.4) is 0 Å². The van der Waals surface area contributed by atoms with Crippen LogP contribution in [0.1, 0.15) is 25.2 Å². The number of aromatic hydroxyl groups is 1. The smallest absolute Gasteiger partial charge is 0.226 e. The number of anilines is 1. The number of benzene rings is 1. The fourth-order valence-electron chi connectivity index (χ4n) is 2.00. The zero-order valence-electron chi connectivity index (χ0n) is 12.0. The largest absolute Gasteiger partial charge is 0.502 e. The molecule has 0 saturated heterocycles. The van der Waals surface area contributed by atoms with Gasteiger partial charge in [0.1, 0.15) is 12.0 Å². The minimum atomic E-state index is -0.418. The van der Waals surface area contributed by atoms with Gasteiger partial charge in [0.2, 0.25) is 5.43 Å². The molecule has 1 aromatic carbocycles. The maximum absolute atomic E-state index is 11.4. The third kappa shape index (κ3) is 3.20. The highest BCUT2D eigenvalue weighted by Crippen LogP contribution is 2.20. The van der Waals surface area contributed by atoms with Crippen molar-refractivity contribution in [3.8, 4) is 5.75 Å². The summed E-state index contributed by atoms with van der Waals surface area (Å²) in [5.41, 5.74) is 1.86. The third-order valence-corrected chi connectivity index (χ3v) is 3.18. The van der Waals surface area contributed by atoms with Crippen molar-refractivity contribution >= 4 is 5.69 Å². The molecule has 0 amide bonds. The molecule has 1 aromatic heterocycles. The van der Waals surface area contributed by atoms with E-state index in [9.17, 15) is 9.90 Å². The van der Waals surface area contributed by atoms with E-state index in [2.05, 4.69) is 30.9 Å². The van der Waals surface area contributed by atoms with Gasteiger partial charge in [-0.15, -0.1) is 0 Å². The van der Waals surface area contributed by atoms with Gasteiger partial charge in [-0.05, 0) is 32.9 Å². The lowest BCUT2D eigenvalue weighted by Gasteiger charge is -2.28. The first-order valence-corrected chi connectivity index (χ1v) is 6.61. The number of rotatable bonds is 4. The first kappa shape index (κ1) is 14.2. The predicted molar refractivity (Wildman–Crippen MR) is 79.1 cm³/mol. The molecular weight excluding hydrogens is 254 g/mol. The zero-order chi connectivity index (χ0) is 14.7. The molecule has 0 spiro atoms. The van der Waals surface area contributed by atoms with Crippen LogP contribution in [0.5, 0.6) is 5.75 Å². The van der Waals surface area contributed by atoms with Gasteiger partial charge in [0, 0.05) is 17.8 Å². The van der Waals surface area contributed by atoms with E-state index in [1.54, 1.807) is 0 Å². The van der Waals surface area contributed by atoms with Crippen molar-refractivity contribution < 1.29 is 9.52 Å². The Morgan fingerprint density at radius 3 is 2.45 bits per heavy atom. The standard InChI is InChI=1S/C16H19NO3/c1-11(2)17(13-6-4-12(3)5-7-13)9-14-8-15(18)16(19)10-20-14/h4-8,10-11,19H,9H2,1-3H3. The SMILES string of the molecule is Cc1ccc(N(Cc2cc(=O)c(O)co2)C(C)C)cc1. The van der Waals surface area contributed by atoms with Crippen LogP contribution >= 0.6 is 0 Å². The summed E-state index contributed by atoms with van der Waals surface area (Å²) in [6.45, 7) is 6.69. The van der Waals surface area contributed by atoms with Crippen molar-refractivity contribution in [3.63, 3.8) is 0 Å². The summed E-state index contributed by atoms with van der Waals surface area (Å²) in [5.74, 6) is 0.169. The summed E-state index contributed by atoms with van der Waals surface area (Å²) in [4.78, 5) is 13.6. The van der Waals surface area contributed by atoms with E-state index in [4.69, 9.17) is 4.42 Å². The lowest BCUT2D eigenvalue weighted by atomic mass is 10.2. The molecule has 0 saturated carbocycles. The fourth-order valence-corrected chi connectivity index (χ4v) is 2.00. The summed E-state index contributed by atoms with van der Waals surface area (Å²) in [7, 11) is 0. The monoisotopic (exact) mass is 273 g/mol. The van der Waals surface area contributed by atoms with Crippen molar-refractivity contribution in [1.82, 2.24) is 0 Å². The second-order valence-electron chi connectivity index (χ2n) is 5.15. The Morgan fingerprint density at radius 1 is 1.25 bits per heavy atom. The molecule has 0 bridgehead atoms. The van der Waals surface area contributed by atoms with Crippen LogP contribution in [-0.4, -0.2) is 11.1 Å². The lowest BCUT2D eigenvalue weighted by Crippen LogP contribution is -2.30. The van der Waals surface area contributed by atoms with Gasteiger partial charge in [-0.3, -0.25) is 4.79 Å². The minimum absolute atomic E-state index is 0.261. The minimum Gasteiger partial charge on any atom is -0.502 e. The third-order valence-electron chi connectivity index (χ3n) is 3.18. The highest BCUT2D eigenvalue weighted by Gasteiger charge is 2.13. The average Bonchev–Trinajstić information content (AvgIpc) is 2.41. The molecule has 20 heavy (non-hydrogen) atoms. The van der Waals surface area contributed by atoms with Gasteiger partial charge in [-0.1, -0.05) is 17.7 Å². The summed E-state index contributed by atoms with van der Waals surface area (Å²) in [6, 6.07) is 9.80. The molecule has 4 heteroatoms. The summed E-state index contributed by atoms with van der Waals surface area (Å²) >= 11 is 0. The molecular formula is C16H19NO3. The molecule has 2 aromatic rings. The Morgan fingerprint density at radius 2 is 1.90 bits per heavy atom. The highest BCUT2D eigenvalue weighted by molar-refractivity contribution is 5.48. The maximum Gasteiger partial charge on any atom is 0.226 e. The van der Waals surface area contributed by atoms with E-state index in [-0.39, 0.29) is 11.8 Å². The molecule has 1 N–H and O–H groups in total. The number of aryl methyl sites for hydroxylation is 1. The van der Waals surface area contributed by atoms with Gasteiger partial charge in [-0.25, -0.2) is 0 Å². The highest BCUT2D eigenvalue weighted by atomic mass is 16.4. The fraction of sp³-hybridized carbons (Fsp3) is 0.312. The van der Waals surface area contributed by atoms with Crippen LogP contribution in [0.15, 0.2) is 45.8 Å². The van der Waals surface area contributed by atoms with E-state index >= 15 is 0 Å². The molecule has 0 aliphatic heterocycles. The molecule has 0 unspecified atom stereocenters. The molecule has 4 nitrogen and oxygen atoms in total. The molecule has 0 aliphatic carbocycles. The number of nitrogens with zero attached hydrogens (tertiary/aromatic N) is 1. The van der Waals surface area contributed by atoms with Gasteiger partial charge in [0.15, 0.2) is 5.75 Å². The Labute approximate surface area is 118 Å². The normalized spacial score (nSPS) is 10.8. The van der Waals surface area contributed by atoms with Crippen molar-refractivity contribution in [3.05, 3.63) is 58.1 Å². The van der Waals surface area contributed by atoms with Gasteiger partial charge in [-0.2, -0.15) is 0 Å². The van der Waals surface area contributed by atoms with E-state index in [1.165, 1.54) is 11.6 Å². The van der Waals surface area contributed by atoms with Crippen LogP contribution in [0.2, 0.25) is 0 Å². The van der Waals surface area contributed by atoms with Gasteiger partial charge < -0.3 is 14.4 Å². The van der Waals surface area contributed by atoms with E-state index in [0.29, 0.717) is 12.3 Å². The average molecular weight is 273 g/mol. The topological polar surface area (TPSA) is 53.7 Å². The Kier molecular flexibility index (Phi) is 4.13. The lowest BCUT2D eigenvalue weighted by molar-refractivity contribution is 0.409. The molecule has 2 rings (SSSR count). The van der Waals surface area contributed by atoms with E-state index < -0.39 is 5.43 Å². The van der Waals surface area contributed by atoms with E-state index in [0.717, 1.165) is 12.0 Å². The second kappa shape index (κ2) is 5.82. The Bertz CT molecular complexity index is 629. The molecule has 106 valence electrons. The second-order valence-corrected chi connectivity index (χ2v) is 5.15.